The standard InChI is InChI=1S/C35H49N3O4/c1-7-42-34(40)31-28(35(3,4)5)29(36-21-26-19-25(23-17-18-23)20-37-32(26)41-6)30(27-16-12-11-13-22(27)2)38(31)33(39)24-14-9-8-10-15-24/h11-13,16,19-20,23-24,28-31,36H,7-10,14-15,17-18,21H2,1-6H3/t28-,29-,30-,31-/m0/s1. The molecule has 7 nitrogen and oxygen atoms in total. The number of pyridine rings is 1. The highest BCUT2D eigenvalue weighted by molar-refractivity contribution is 5.88. The third-order valence-electron chi connectivity index (χ3n) is 9.63. The zero-order chi connectivity index (χ0) is 30.0. The van der Waals surface area contributed by atoms with Gasteiger partial charge in [0, 0.05) is 36.2 Å². The number of rotatable bonds is 9. The Balaban J connectivity index is 1.61. The van der Waals surface area contributed by atoms with Gasteiger partial charge in [0.2, 0.25) is 11.8 Å². The Morgan fingerprint density at radius 3 is 2.40 bits per heavy atom. The van der Waals surface area contributed by atoms with E-state index in [-0.39, 0.29) is 47.8 Å². The molecule has 7 heteroatoms. The van der Waals surface area contributed by atoms with Crippen LogP contribution in [0.2, 0.25) is 0 Å². The summed E-state index contributed by atoms with van der Waals surface area (Å²) >= 11 is 0. The topological polar surface area (TPSA) is 80.8 Å². The van der Waals surface area contributed by atoms with Crippen LogP contribution in [0.1, 0.15) is 107 Å². The van der Waals surface area contributed by atoms with Crippen molar-refractivity contribution in [1.82, 2.24) is 15.2 Å². The molecule has 1 amide bonds. The molecule has 1 N–H and O–H groups in total. The second kappa shape index (κ2) is 12.7. The van der Waals surface area contributed by atoms with Gasteiger partial charge in [-0.25, -0.2) is 9.78 Å². The zero-order valence-electron chi connectivity index (χ0n) is 26.3. The maximum absolute atomic E-state index is 14.6. The van der Waals surface area contributed by atoms with Crippen LogP contribution in [0.5, 0.6) is 5.88 Å². The number of aromatic nitrogens is 1. The average Bonchev–Trinajstić information content (AvgIpc) is 3.77. The van der Waals surface area contributed by atoms with Gasteiger partial charge in [-0.1, -0.05) is 64.3 Å². The van der Waals surface area contributed by atoms with E-state index < -0.39 is 6.04 Å². The number of carbonyl (C=O) groups excluding carboxylic acids is 2. The molecule has 1 aromatic carbocycles. The highest BCUT2D eigenvalue weighted by atomic mass is 16.5. The quantitative estimate of drug-likeness (QED) is 0.344. The molecule has 1 saturated heterocycles. The first-order chi connectivity index (χ1) is 20.2. The molecule has 3 aliphatic rings. The molecule has 2 heterocycles. The summed E-state index contributed by atoms with van der Waals surface area (Å²) < 4.78 is 11.4. The summed E-state index contributed by atoms with van der Waals surface area (Å²) in [7, 11) is 1.66. The summed E-state index contributed by atoms with van der Waals surface area (Å²) in [5.74, 6) is 0.725. The second-order valence-corrected chi connectivity index (χ2v) is 13.6. The number of nitrogens with one attached hydrogen (secondary N) is 1. The van der Waals surface area contributed by atoms with Gasteiger partial charge < -0.3 is 19.7 Å². The first kappa shape index (κ1) is 30.5. The number of amides is 1. The summed E-state index contributed by atoms with van der Waals surface area (Å²) in [6, 6.07) is 9.33. The highest BCUT2D eigenvalue weighted by Gasteiger charge is 2.59. The monoisotopic (exact) mass is 575 g/mol. The largest absolute Gasteiger partial charge is 0.481 e. The summed E-state index contributed by atoms with van der Waals surface area (Å²) in [4.78, 5) is 35.1. The van der Waals surface area contributed by atoms with Gasteiger partial charge in [-0.2, -0.15) is 0 Å². The Morgan fingerprint density at radius 2 is 1.79 bits per heavy atom. The van der Waals surface area contributed by atoms with Crippen LogP contribution in [-0.2, 0) is 20.9 Å². The van der Waals surface area contributed by atoms with Crippen LogP contribution in [0, 0.1) is 24.2 Å². The minimum atomic E-state index is -0.681. The van der Waals surface area contributed by atoms with E-state index in [1.807, 2.05) is 30.2 Å². The molecule has 0 unspecified atom stereocenters. The predicted molar refractivity (Wildman–Crippen MR) is 164 cm³/mol. The smallest absolute Gasteiger partial charge is 0.329 e. The van der Waals surface area contributed by atoms with Gasteiger partial charge in [0.05, 0.1) is 19.8 Å². The summed E-state index contributed by atoms with van der Waals surface area (Å²) in [6.07, 6.45) is 9.35. The molecule has 42 heavy (non-hydrogen) atoms. The zero-order valence-corrected chi connectivity index (χ0v) is 26.3. The number of likely N-dealkylation sites (tertiary alicyclic amines) is 1. The van der Waals surface area contributed by atoms with Crippen LogP contribution >= 0.6 is 0 Å². The molecular formula is C35H49N3O4. The Kier molecular flexibility index (Phi) is 9.26. The van der Waals surface area contributed by atoms with Crippen molar-refractivity contribution in [3.63, 3.8) is 0 Å². The van der Waals surface area contributed by atoms with Crippen molar-refractivity contribution in [1.29, 1.82) is 0 Å². The molecule has 1 aromatic heterocycles. The number of ether oxygens (including phenoxy) is 2. The van der Waals surface area contributed by atoms with E-state index in [2.05, 4.69) is 56.2 Å². The Labute approximate surface area is 251 Å². The molecule has 4 atom stereocenters. The summed E-state index contributed by atoms with van der Waals surface area (Å²) in [5, 5.41) is 3.88. The van der Waals surface area contributed by atoms with E-state index in [4.69, 9.17) is 9.47 Å². The van der Waals surface area contributed by atoms with E-state index in [1.54, 1.807) is 7.11 Å². The number of carbonyl (C=O) groups is 2. The molecule has 228 valence electrons. The normalized spacial score (nSPS) is 25.0. The van der Waals surface area contributed by atoms with Crippen LogP contribution in [0.3, 0.4) is 0 Å². The maximum atomic E-state index is 14.6. The first-order valence-corrected chi connectivity index (χ1v) is 16.0. The van der Waals surface area contributed by atoms with Gasteiger partial charge in [0.15, 0.2) is 0 Å². The fourth-order valence-electron chi connectivity index (χ4n) is 7.44. The third-order valence-corrected chi connectivity index (χ3v) is 9.63. The van der Waals surface area contributed by atoms with Crippen molar-refractivity contribution in [2.45, 2.75) is 110 Å². The Morgan fingerprint density at radius 1 is 1.07 bits per heavy atom. The molecule has 0 radical (unpaired) electrons. The number of hydrogen-bond acceptors (Lipinski definition) is 6. The second-order valence-electron chi connectivity index (χ2n) is 13.6. The van der Waals surface area contributed by atoms with Crippen LogP contribution in [0.15, 0.2) is 36.5 Å². The van der Waals surface area contributed by atoms with E-state index in [0.29, 0.717) is 18.3 Å². The molecule has 3 fully saturated rings. The summed E-state index contributed by atoms with van der Waals surface area (Å²) in [6.45, 7) is 11.3. The fourth-order valence-corrected chi connectivity index (χ4v) is 7.44. The van der Waals surface area contributed by atoms with Crippen LogP contribution < -0.4 is 10.1 Å². The lowest BCUT2D eigenvalue weighted by Crippen LogP contribution is -2.50. The minimum absolute atomic E-state index is 0.0684. The van der Waals surface area contributed by atoms with Crippen molar-refractivity contribution in [2.24, 2.45) is 17.3 Å². The molecule has 0 bridgehead atoms. The average molecular weight is 576 g/mol. The van der Waals surface area contributed by atoms with Gasteiger partial charge in [-0.3, -0.25) is 4.79 Å². The minimum Gasteiger partial charge on any atom is -0.481 e. The van der Waals surface area contributed by atoms with Crippen LogP contribution in [0.4, 0.5) is 0 Å². The van der Waals surface area contributed by atoms with E-state index in [1.165, 1.54) is 18.4 Å². The SMILES string of the molecule is CCOC(=O)[C@@H]1[C@@H](C(C)(C)C)[C@H](NCc2cc(C3CC3)cnc2OC)[C@H](c2ccccc2C)N1C(=O)C1CCCCC1. The van der Waals surface area contributed by atoms with E-state index in [9.17, 15) is 9.59 Å². The van der Waals surface area contributed by atoms with Gasteiger partial charge in [-0.05, 0) is 73.6 Å². The summed E-state index contributed by atoms with van der Waals surface area (Å²) in [5.41, 5.74) is 4.15. The number of benzene rings is 1. The van der Waals surface area contributed by atoms with Crippen molar-refractivity contribution in [3.05, 3.63) is 58.8 Å². The lowest BCUT2D eigenvalue weighted by molar-refractivity contribution is -0.158. The fraction of sp³-hybridized carbons (Fsp3) is 0.629. The number of methoxy groups -OCH3 is 1. The predicted octanol–water partition coefficient (Wildman–Crippen LogP) is 6.49. The lowest BCUT2D eigenvalue weighted by Gasteiger charge is -2.37. The molecule has 2 saturated carbocycles. The van der Waals surface area contributed by atoms with Crippen LogP contribution in [-0.4, -0.2) is 47.6 Å². The number of hydrogen-bond donors (Lipinski definition) is 1. The molecule has 1 aliphatic heterocycles. The van der Waals surface area contributed by atoms with Gasteiger partial charge in [0.1, 0.15) is 6.04 Å². The first-order valence-electron chi connectivity index (χ1n) is 16.0. The van der Waals surface area contributed by atoms with Gasteiger partial charge >= 0.3 is 5.97 Å². The Hall–Kier alpha value is -2.93. The van der Waals surface area contributed by atoms with Crippen molar-refractivity contribution in [3.8, 4) is 5.88 Å². The number of aryl methyl sites for hydroxylation is 1. The van der Waals surface area contributed by atoms with Gasteiger partial charge in [0.25, 0.3) is 0 Å². The molecular weight excluding hydrogens is 526 g/mol. The van der Waals surface area contributed by atoms with Crippen LogP contribution in [0.25, 0.3) is 0 Å². The van der Waals surface area contributed by atoms with Crippen molar-refractivity contribution >= 4 is 11.9 Å². The third kappa shape index (κ3) is 6.22. The molecule has 2 aliphatic carbocycles. The van der Waals surface area contributed by atoms with Gasteiger partial charge in [-0.15, -0.1) is 0 Å². The number of esters is 1. The lowest BCUT2D eigenvalue weighted by atomic mass is 9.72. The van der Waals surface area contributed by atoms with Crippen molar-refractivity contribution < 1.29 is 19.1 Å². The Bertz CT molecular complexity index is 1260. The van der Waals surface area contributed by atoms with E-state index >= 15 is 0 Å². The highest BCUT2D eigenvalue weighted by Crippen LogP contribution is 2.50. The van der Waals surface area contributed by atoms with Crippen molar-refractivity contribution in [2.75, 3.05) is 13.7 Å². The maximum Gasteiger partial charge on any atom is 0.329 e. The van der Waals surface area contributed by atoms with E-state index in [0.717, 1.165) is 48.8 Å². The molecule has 0 spiro atoms. The molecule has 5 rings (SSSR count). The number of nitrogens with zero attached hydrogens (tertiary/aromatic N) is 2. The molecule has 2 aromatic rings.